The van der Waals surface area contributed by atoms with Gasteiger partial charge in [0.05, 0.1) is 19.1 Å². The van der Waals surface area contributed by atoms with Crippen molar-refractivity contribution in [3.8, 4) is 0 Å². The van der Waals surface area contributed by atoms with Crippen molar-refractivity contribution in [1.29, 1.82) is 5.41 Å². The molecule has 0 fully saturated rings. The first-order chi connectivity index (χ1) is 23.2. The highest BCUT2D eigenvalue weighted by Gasteiger charge is 2.34. The van der Waals surface area contributed by atoms with Gasteiger partial charge in [-0.3, -0.25) is 34.2 Å². The molecule has 4 amide bonds. The molecule has 0 aromatic heterocycles. The van der Waals surface area contributed by atoms with Crippen LogP contribution in [-0.4, -0.2) is 97.3 Å². The number of hydrogen-bond acceptors (Lipinski definition) is 10. The molecule has 1 aromatic rings. The van der Waals surface area contributed by atoms with E-state index in [0.29, 0.717) is 38.8 Å². The molecule has 5 unspecified atom stereocenters. The van der Waals surface area contributed by atoms with Gasteiger partial charge in [-0.1, -0.05) is 44.2 Å². The first-order valence-corrected chi connectivity index (χ1v) is 16.6. The number of amidine groups is 1. The highest BCUT2D eigenvalue weighted by molar-refractivity contribution is 6.02. The monoisotopic (exact) mass is 689 g/mol. The predicted molar refractivity (Wildman–Crippen MR) is 185 cm³/mol. The SMILES string of the molecule is CNC(CCCNCC(=N)N)NC(=O)C(CCCCN)NC(=O)C(CC(=O)O)NC(=O)C(NC(=O)C(Cc1ccccc1)C(C)=O)C(C)C. The Bertz CT molecular complexity index is 1250. The van der Waals surface area contributed by atoms with Crippen molar-refractivity contribution < 1.29 is 33.9 Å². The number of aliphatic carboxylic acids is 1. The van der Waals surface area contributed by atoms with Crippen molar-refractivity contribution in [3.63, 3.8) is 0 Å². The maximum Gasteiger partial charge on any atom is 0.305 e. The van der Waals surface area contributed by atoms with Gasteiger partial charge in [0.2, 0.25) is 23.6 Å². The van der Waals surface area contributed by atoms with E-state index in [9.17, 15) is 33.9 Å². The molecule has 0 radical (unpaired) electrons. The number of amides is 4. The van der Waals surface area contributed by atoms with E-state index >= 15 is 0 Å². The molecule has 49 heavy (non-hydrogen) atoms. The number of nitrogens with two attached hydrogens (primary N) is 2. The molecule has 0 bridgehead atoms. The molecular formula is C33H55N9O7. The lowest BCUT2D eigenvalue weighted by molar-refractivity contribution is -0.142. The minimum Gasteiger partial charge on any atom is -0.481 e. The molecule has 16 nitrogen and oxygen atoms in total. The Balaban J connectivity index is 3.07. The van der Waals surface area contributed by atoms with Crippen LogP contribution in [0.25, 0.3) is 0 Å². The van der Waals surface area contributed by atoms with E-state index in [1.807, 2.05) is 6.07 Å². The van der Waals surface area contributed by atoms with Gasteiger partial charge in [-0.05, 0) is 77.1 Å². The van der Waals surface area contributed by atoms with Crippen molar-refractivity contribution in [2.45, 2.75) is 90.0 Å². The molecule has 0 aliphatic heterocycles. The standard InChI is InChI=1S/C33H55N9O7/c1-20(2)29(42-30(46)23(21(3)43)17-22-11-6-5-7-12-22)33(49)40-25(18-28(44)45)32(48)39-24(13-8-9-15-34)31(47)41-27(37-4)14-10-16-38-19-26(35)36/h5-7,11-12,20,23-25,27,29,37-38H,8-10,13-19,34H2,1-4H3,(H3,35,36)(H,39,48)(H,40,49)(H,41,47)(H,42,46)(H,44,45). The van der Waals surface area contributed by atoms with Gasteiger partial charge in [-0.25, -0.2) is 0 Å². The Morgan fingerprint density at radius 3 is 2.02 bits per heavy atom. The van der Waals surface area contributed by atoms with E-state index in [4.69, 9.17) is 16.9 Å². The molecule has 0 saturated carbocycles. The van der Waals surface area contributed by atoms with Crippen LogP contribution in [0.15, 0.2) is 30.3 Å². The van der Waals surface area contributed by atoms with Crippen LogP contribution < -0.4 is 43.4 Å². The summed E-state index contributed by atoms with van der Waals surface area (Å²) in [6.45, 7) is 5.78. The van der Waals surface area contributed by atoms with Gasteiger partial charge in [-0.15, -0.1) is 0 Å². The zero-order valence-corrected chi connectivity index (χ0v) is 29.0. The molecule has 0 heterocycles. The van der Waals surface area contributed by atoms with Gasteiger partial charge in [0.1, 0.15) is 35.7 Å². The lowest BCUT2D eigenvalue weighted by Crippen LogP contribution is -2.59. The van der Waals surface area contributed by atoms with E-state index in [-0.39, 0.29) is 25.2 Å². The first kappa shape index (κ1) is 42.6. The third-order valence-electron chi connectivity index (χ3n) is 7.76. The summed E-state index contributed by atoms with van der Waals surface area (Å²) >= 11 is 0. The van der Waals surface area contributed by atoms with Gasteiger partial charge in [0, 0.05) is 0 Å². The van der Waals surface area contributed by atoms with Crippen LogP contribution in [0.1, 0.15) is 64.9 Å². The summed E-state index contributed by atoms with van der Waals surface area (Å²) in [6.07, 6.45) is 1.32. The summed E-state index contributed by atoms with van der Waals surface area (Å²) < 4.78 is 0. The van der Waals surface area contributed by atoms with Crippen molar-refractivity contribution in [2.75, 3.05) is 26.7 Å². The highest BCUT2D eigenvalue weighted by Crippen LogP contribution is 2.13. The molecular weight excluding hydrogens is 634 g/mol. The van der Waals surface area contributed by atoms with Crippen molar-refractivity contribution in [3.05, 3.63) is 35.9 Å². The number of carboxylic acids is 1. The van der Waals surface area contributed by atoms with Crippen molar-refractivity contribution >= 4 is 41.2 Å². The van der Waals surface area contributed by atoms with Crippen LogP contribution in [-0.2, 0) is 35.2 Å². The molecule has 0 aliphatic carbocycles. The van der Waals surface area contributed by atoms with Gasteiger partial charge in [0.25, 0.3) is 0 Å². The largest absolute Gasteiger partial charge is 0.481 e. The smallest absolute Gasteiger partial charge is 0.305 e. The van der Waals surface area contributed by atoms with Gasteiger partial charge < -0.3 is 48.5 Å². The Morgan fingerprint density at radius 2 is 1.47 bits per heavy atom. The van der Waals surface area contributed by atoms with Crippen molar-refractivity contribution in [2.24, 2.45) is 23.3 Å². The topological polar surface area (TPSA) is 271 Å². The molecule has 16 heteroatoms. The number of carbonyl (C=O) groups excluding carboxylic acids is 5. The fraction of sp³-hybridized carbons (Fsp3) is 0.606. The summed E-state index contributed by atoms with van der Waals surface area (Å²) in [5, 5.41) is 33.3. The normalized spacial score (nSPS) is 14.1. The summed E-state index contributed by atoms with van der Waals surface area (Å²) in [5.41, 5.74) is 11.7. The van der Waals surface area contributed by atoms with Gasteiger partial charge in [-0.2, -0.15) is 0 Å². The molecule has 0 spiro atoms. The average Bonchev–Trinajstić information content (AvgIpc) is 3.04. The molecule has 274 valence electrons. The average molecular weight is 690 g/mol. The first-order valence-electron chi connectivity index (χ1n) is 16.6. The Labute approximate surface area is 288 Å². The van der Waals surface area contributed by atoms with E-state index in [0.717, 1.165) is 5.56 Å². The quantitative estimate of drug-likeness (QED) is 0.0198. The highest BCUT2D eigenvalue weighted by atomic mass is 16.4. The van der Waals surface area contributed by atoms with Gasteiger partial charge >= 0.3 is 5.97 Å². The van der Waals surface area contributed by atoms with E-state index in [1.165, 1.54) is 6.92 Å². The second-order valence-electron chi connectivity index (χ2n) is 12.3. The maximum absolute atomic E-state index is 13.5. The summed E-state index contributed by atoms with van der Waals surface area (Å²) in [7, 11) is 1.67. The minimum absolute atomic E-state index is 0.0110. The Hall–Kier alpha value is -4.41. The summed E-state index contributed by atoms with van der Waals surface area (Å²) in [6, 6.07) is 5.11. The number of unbranched alkanes of at least 4 members (excludes halogenated alkanes) is 1. The molecule has 12 N–H and O–H groups in total. The zero-order valence-electron chi connectivity index (χ0n) is 29.0. The van der Waals surface area contributed by atoms with Crippen LogP contribution in [0.4, 0.5) is 0 Å². The van der Waals surface area contributed by atoms with Crippen LogP contribution >= 0.6 is 0 Å². The number of nitrogens with one attached hydrogen (secondary N) is 7. The van der Waals surface area contributed by atoms with Crippen LogP contribution in [0.2, 0.25) is 0 Å². The number of hydrogen-bond donors (Lipinski definition) is 10. The second-order valence-corrected chi connectivity index (χ2v) is 12.3. The second kappa shape index (κ2) is 23.0. The summed E-state index contributed by atoms with van der Waals surface area (Å²) in [5.74, 6) is -6.20. The van der Waals surface area contributed by atoms with E-state index < -0.39 is 77.9 Å². The Kier molecular flexibility index (Phi) is 20.0. The number of carbonyl (C=O) groups is 6. The minimum atomic E-state index is -1.58. The number of benzene rings is 1. The van der Waals surface area contributed by atoms with E-state index in [2.05, 4.69) is 31.9 Å². The number of rotatable bonds is 25. The zero-order chi connectivity index (χ0) is 36.9. The third-order valence-corrected chi connectivity index (χ3v) is 7.76. The third kappa shape index (κ3) is 17.0. The van der Waals surface area contributed by atoms with Crippen LogP contribution in [0, 0.1) is 17.2 Å². The molecule has 5 atom stereocenters. The van der Waals surface area contributed by atoms with Crippen LogP contribution in [0.3, 0.4) is 0 Å². The predicted octanol–water partition coefficient (Wildman–Crippen LogP) is -0.884. The molecule has 0 aliphatic rings. The lowest BCUT2D eigenvalue weighted by Gasteiger charge is -2.28. The Morgan fingerprint density at radius 1 is 0.837 bits per heavy atom. The lowest BCUT2D eigenvalue weighted by atomic mass is 9.93. The molecule has 1 aromatic carbocycles. The summed E-state index contributed by atoms with van der Waals surface area (Å²) in [4.78, 5) is 77.6. The fourth-order valence-corrected chi connectivity index (χ4v) is 4.95. The molecule has 1 rings (SSSR count). The number of carboxylic acid groups (broad SMARTS) is 1. The fourth-order valence-electron chi connectivity index (χ4n) is 4.95. The van der Waals surface area contributed by atoms with Crippen LogP contribution in [0.5, 0.6) is 0 Å². The number of Topliss-reactive ketones (excluding diaryl/α,β-unsaturated/α-hetero) is 1. The maximum atomic E-state index is 13.5. The van der Waals surface area contributed by atoms with Crippen molar-refractivity contribution in [1.82, 2.24) is 31.9 Å². The van der Waals surface area contributed by atoms with E-state index in [1.54, 1.807) is 45.2 Å². The van der Waals surface area contributed by atoms with Gasteiger partial charge in [0.15, 0.2) is 0 Å². The number of ketones is 1. The molecule has 0 saturated heterocycles.